The summed E-state index contributed by atoms with van der Waals surface area (Å²) in [6.07, 6.45) is 2.10. The molecule has 4 aromatic rings. The minimum atomic E-state index is -0.287. The lowest BCUT2D eigenvalue weighted by Gasteiger charge is -2.06. The number of aryl methyl sites for hydroxylation is 1. The summed E-state index contributed by atoms with van der Waals surface area (Å²) in [7, 11) is 1.62. The first-order valence-electron chi connectivity index (χ1n) is 9.40. The molecule has 0 aliphatic heterocycles. The van der Waals surface area contributed by atoms with E-state index in [1.165, 1.54) is 10.9 Å². The van der Waals surface area contributed by atoms with Crippen molar-refractivity contribution in [3.63, 3.8) is 0 Å². The zero-order chi connectivity index (χ0) is 20.9. The van der Waals surface area contributed by atoms with Crippen molar-refractivity contribution in [1.82, 2.24) is 24.7 Å². The SMILES string of the molecule is COc1ccc(Cc2nc(NC(=O)CCn3cnc4ccccc4c3=O)n[nH]2)cc1. The van der Waals surface area contributed by atoms with Gasteiger partial charge < -0.3 is 4.74 Å². The van der Waals surface area contributed by atoms with Crippen LogP contribution in [0, 0.1) is 0 Å². The first-order valence-corrected chi connectivity index (χ1v) is 9.40. The van der Waals surface area contributed by atoms with E-state index in [2.05, 4.69) is 25.5 Å². The molecule has 0 saturated carbocycles. The number of benzene rings is 2. The van der Waals surface area contributed by atoms with Crippen molar-refractivity contribution in [2.24, 2.45) is 0 Å². The number of methoxy groups -OCH3 is 1. The Morgan fingerprint density at radius 2 is 1.97 bits per heavy atom. The Bertz CT molecular complexity index is 1230. The number of carbonyl (C=O) groups excluding carboxylic acids is 1. The van der Waals surface area contributed by atoms with Crippen molar-refractivity contribution < 1.29 is 9.53 Å². The fraction of sp³-hybridized carbons (Fsp3) is 0.190. The highest BCUT2D eigenvalue weighted by Gasteiger charge is 2.10. The first-order chi connectivity index (χ1) is 14.6. The normalized spacial score (nSPS) is 10.8. The van der Waals surface area contributed by atoms with Gasteiger partial charge in [0.15, 0.2) is 0 Å². The predicted octanol–water partition coefficient (Wildman–Crippen LogP) is 2.14. The Morgan fingerprint density at radius 3 is 2.77 bits per heavy atom. The van der Waals surface area contributed by atoms with E-state index in [-0.39, 0.29) is 30.4 Å². The topological polar surface area (TPSA) is 115 Å². The molecule has 1 amide bonds. The second-order valence-electron chi connectivity index (χ2n) is 6.69. The van der Waals surface area contributed by atoms with Crippen molar-refractivity contribution in [3.8, 4) is 5.75 Å². The van der Waals surface area contributed by atoms with Crippen molar-refractivity contribution in [2.45, 2.75) is 19.4 Å². The number of nitrogens with zero attached hydrogens (tertiary/aromatic N) is 4. The number of hydrogen-bond donors (Lipinski definition) is 2. The maximum atomic E-state index is 12.5. The summed E-state index contributed by atoms with van der Waals surface area (Å²) in [6, 6.07) is 14.7. The molecule has 0 unspecified atom stereocenters. The Balaban J connectivity index is 1.34. The van der Waals surface area contributed by atoms with Gasteiger partial charge in [-0.1, -0.05) is 24.3 Å². The number of nitrogens with one attached hydrogen (secondary N) is 2. The van der Waals surface area contributed by atoms with Crippen LogP contribution in [0.5, 0.6) is 5.75 Å². The molecule has 4 rings (SSSR count). The van der Waals surface area contributed by atoms with Crippen LogP contribution in [0.1, 0.15) is 17.8 Å². The van der Waals surface area contributed by atoms with Gasteiger partial charge >= 0.3 is 0 Å². The molecule has 9 heteroatoms. The van der Waals surface area contributed by atoms with Gasteiger partial charge in [0.05, 0.1) is 24.3 Å². The van der Waals surface area contributed by atoms with Crippen LogP contribution < -0.4 is 15.6 Å². The molecular formula is C21H20N6O3. The van der Waals surface area contributed by atoms with Crippen molar-refractivity contribution in [3.05, 3.63) is 76.6 Å². The zero-order valence-corrected chi connectivity index (χ0v) is 16.3. The third-order valence-corrected chi connectivity index (χ3v) is 4.62. The minimum Gasteiger partial charge on any atom is -0.497 e. The highest BCUT2D eigenvalue weighted by Crippen LogP contribution is 2.14. The maximum absolute atomic E-state index is 12.5. The van der Waals surface area contributed by atoms with Crippen molar-refractivity contribution in [2.75, 3.05) is 12.4 Å². The number of ether oxygens (including phenoxy) is 1. The lowest BCUT2D eigenvalue weighted by molar-refractivity contribution is -0.116. The predicted molar refractivity (Wildman–Crippen MR) is 111 cm³/mol. The summed E-state index contributed by atoms with van der Waals surface area (Å²) in [5.41, 5.74) is 1.49. The van der Waals surface area contributed by atoms with Gasteiger partial charge in [0.2, 0.25) is 11.9 Å². The molecule has 0 bridgehead atoms. The van der Waals surface area contributed by atoms with Crippen LogP contribution in [-0.4, -0.2) is 37.7 Å². The van der Waals surface area contributed by atoms with Gasteiger partial charge in [-0.3, -0.25) is 24.6 Å². The quantitative estimate of drug-likeness (QED) is 0.488. The molecule has 2 aromatic heterocycles. The van der Waals surface area contributed by atoms with Gasteiger partial charge in [-0.15, -0.1) is 5.10 Å². The number of aromatic amines is 1. The number of para-hydroxylation sites is 1. The lowest BCUT2D eigenvalue weighted by Crippen LogP contribution is -2.23. The van der Waals surface area contributed by atoms with E-state index in [0.717, 1.165) is 11.3 Å². The number of aromatic nitrogens is 5. The molecule has 9 nitrogen and oxygen atoms in total. The number of anilines is 1. The van der Waals surface area contributed by atoms with E-state index >= 15 is 0 Å². The van der Waals surface area contributed by atoms with E-state index in [4.69, 9.17) is 4.74 Å². The average Bonchev–Trinajstić information content (AvgIpc) is 3.20. The van der Waals surface area contributed by atoms with Gasteiger partial charge in [0.25, 0.3) is 5.56 Å². The van der Waals surface area contributed by atoms with Gasteiger partial charge in [-0.25, -0.2) is 4.98 Å². The molecular weight excluding hydrogens is 384 g/mol. The third kappa shape index (κ3) is 4.35. The third-order valence-electron chi connectivity index (χ3n) is 4.62. The van der Waals surface area contributed by atoms with Gasteiger partial charge in [0, 0.05) is 19.4 Å². The van der Waals surface area contributed by atoms with Crippen LogP contribution in [-0.2, 0) is 17.8 Å². The van der Waals surface area contributed by atoms with E-state index < -0.39 is 0 Å². The number of carbonyl (C=O) groups is 1. The highest BCUT2D eigenvalue weighted by atomic mass is 16.5. The molecule has 0 spiro atoms. The zero-order valence-electron chi connectivity index (χ0n) is 16.3. The summed E-state index contributed by atoms with van der Waals surface area (Å²) in [5.74, 6) is 1.33. The van der Waals surface area contributed by atoms with Gasteiger partial charge in [-0.2, -0.15) is 4.98 Å². The minimum absolute atomic E-state index is 0.0995. The molecule has 0 fully saturated rings. The Hall–Kier alpha value is -4.01. The van der Waals surface area contributed by atoms with Crippen LogP contribution in [0.4, 0.5) is 5.95 Å². The summed E-state index contributed by atoms with van der Waals surface area (Å²) in [4.78, 5) is 33.3. The van der Waals surface area contributed by atoms with E-state index in [1.54, 1.807) is 25.3 Å². The highest BCUT2D eigenvalue weighted by molar-refractivity contribution is 5.88. The first kappa shape index (κ1) is 19.3. The fourth-order valence-electron chi connectivity index (χ4n) is 3.04. The summed E-state index contributed by atoms with van der Waals surface area (Å²) < 4.78 is 6.57. The van der Waals surface area contributed by atoms with Crippen LogP contribution in [0.15, 0.2) is 59.7 Å². The number of amides is 1. The van der Waals surface area contributed by atoms with Crippen LogP contribution in [0.3, 0.4) is 0 Å². The molecule has 2 aromatic carbocycles. The second-order valence-corrected chi connectivity index (χ2v) is 6.69. The monoisotopic (exact) mass is 404 g/mol. The van der Waals surface area contributed by atoms with E-state index in [1.807, 2.05) is 30.3 Å². The molecule has 0 aliphatic carbocycles. The standard InChI is InChI=1S/C21H20N6O3/c1-30-15-8-6-14(7-9-15)12-18-23-21(26-25-18)24-19(28)10-11-27-13-22-17-5-3-2-4-16(17)20(27)29/h2-9,13H,10-12H2,1H3,(H2,23,24,25,26,28). The number of H-pyrrole nitrogens is 1. The summed E-state index contributed by atoms with van der Waals surface area (Å²) in [6.45, 7) is 0.214. The smallest absolute Gasteiger partial charge is 0.261 e. The molecule has 0 atom stereocenters. The molecule has 30 heavy (non-hydrogen) atoms. The number of fused-ring (bicyclic) bond motifs is 1. The van der Waals surface area contributed by atoms with Crippen molar-refractivity contribution in [1.29, 1.82) is 0 Å². The maximum Gasteiger partial charge on any atom is 0.261 e. The molecule has 0 saturated heterocycles. The molecule has 0 radical (unpaired) electrons. The fourth-order valence-corrected chi connectivity index (χ4v) is 3.04. The van der Waals surface area contributed by atoms with Crippen LogP contribution in [0.2, 0.25) is 0 Å². The largest absolute Gasteiger partial charge is 0.497 e. The second kappa shape index (κ2) is 8.56. The van der Waals surface area contributed by atoms with Gasteiger partial charge in [-0.05, 0) is 29.8 Å². The Labute approximate surface area is 171 Å². The van der Waals surface area contributed by atoms with E-state index in [0.29, 0.717) is 23.1 Å². The Kier molecular flexibility index (Phi) is 5.51. The van der Waals surface area contributed by atoms with Crippen LogP contribution >= 0.6 is 0 Å². The molecule has 152 valence electrons. The summed E-state index contributed by atoms with van der Waals surface area (Å²) in [5, 5.41) is 10.0. The molecule has 0 aliphatic rings. The van der Waals surface area contributed by atoms with Gasteiger partial charge in [0.1, 0.15) is 11.6 Å². The molecule has 2 heterocycles. The molecule has 2 N–H and O–H groups in total. The summed E-state index contributed by atoms with van der Waals surface area (Å²) >= 11 is 0. The van der Waals surface area contributed by atoms with Crippen molar-refractivity contribution >= 4 is 22.8 Å². The Morgan fingerprint density at radius 1 is 1.17 bits per heavy atom. The average molecular weight is 404 g/mol. The van der Waals surface area contributed by atoms with Crippen LogP contribution in [0.25, 0.3) is 10.9 Å². The van der Waals surface area contributed by atoms with E-state index in [9.17, 15) is 9.59 Å². The number of hydrogen-bond acceptors (Lipinski definition) is 6. The lowest BCUT2D eigenvalue weighted by atomic mass is 10.1. The number of rotatable bonds is 7.